The number of benzene rings is 2. The molecular formula is C29H34N8O2. The fourth-order valence-corrected chi connectivity index (χ4v) is 5.67. The number of H-pyrrole nitrogens is 1. The van der Waals surface area contributed by atoms with Crippen molar-refractivity contribution in [2.75, 3.05) is 50.5 Å². The number of amidine groups is 1. The van der Waals surface area contributed by atoms with E-state index in [0.717, 1.165) is 60.8 Å². The van der Waals surface area contributed by atoms with E-state index in [0.29, 0.717) is 16.9 Å². The number of urea groups is 1. The van der Waals surface area contributed by atoms with Gasteiger partial charge in [0.05, 0.1) is 11.4 Å². The van der Waals surface area contributed by atoms with Gasteiger partial charge in [-0.05, 0) is 31.7 Å². The molecule has 3 aliphatic rings. The molecule has 2 amide bonds. The third kappa shape index (κ3) is 4.66. The summed E-state index contributed by atoms with van der Waals surface area (Å²) >= 11 is 0. The summed E-state index contributed by atoms with van der Waals surface area (Å²) in [5.74, 6) is 0.991. The molecule has 1 saturated heterocycles. The van der Waals surface area contributed by atoms with Gasteiger partial charge in [0, 0.05) is 79.0 Å². The summed E-state index contributed by atoms with van der Waals surface area (Å²) in [6.45, 7) is 6.18. The van der Waals surface area contributed by atoms with Gasteiger partial charge >= 0.3 is 6.03 Å². The van der Waals surface area contributed by atoms with Gasteiger partial charge < -0.3 is 20.2 Å². The predicted molar refractivity (Wildman–Crippen MR) is 154 cm³/mol. The van der Waals surface area contributed by atoms with Gasteiger partial charge in [-0.3, -0.25) is 10.1 Å². The zero-order valence-electron chi connectivity index (χ0n) is 22.5. The number of hydrogen-bond donors (Lipinski definition) is 4. The molecule has 2 aromatic carbocycles. The van der Waals surface area contributed by atoms with Gasteiger partial charge in [-0.2, -0.15) is 5.10 Å². The summed E-state index contributed by atoms with van der Waals surface area (Å²) in [5, 5.41) is 23.7. The molecule has 10 heteroatoms. The van der Waals surface area contributed by atoms with E-state index in [1.807, 2.05) is 18.2 Å². The van der Waals surface area contributed by atoms with E-state index in [9.17, 15) is 9.90 Å². The Kier molecular flexibility index (Phi) is 6.58. The van der Waals surface area contributed by atoms with Crippen LogP contribution in [0.25, 0.3) is 22.5 Å². The first-order valence-electron chi connectivity index (χ1n) is 13.4. The molecule has 3 heterocycles. The lowest BCUT2D eigenvalue weighted by Gasteiger charge is -2.34. The molecule has 0 spiro atoms. The molecule has 0 saturated carbocycles. The average Bonchev–Trinajstić information content (AvgIpc) is 3.49. The lowest BCUT2D eigenvalue weighted by atomic mass is 10.0. The summed E-state index contributed by atoms with van der Waals surface area (Å²) < 4.78 is 0. The van der Waals surface area contributed by atoms with Crippen molar-refractivity contribution in [2.45, 2.75) is 19.4 Å². The number of carbonyl (C=O) groups is 1. The van der Waals surface area contributed by atoms with Crippen molar-refractivity contribution in [2.24, 2.45) is 10.9 Å². The van der Waals surface area contributed by atoms with E-state index in [4.69, 9.17) is 0 Å². The Bertz CT molecular complexity index is 1440. The molecule has 2 aliphatic heterocycles. The van der Waals surface area contributed by atoms with Crippen molar-refractivity contribution in [3.63, 3.8) is 0 Å². The van der Waals surface area contributed by atoms with Gasteiger partial charge in [-0.15, -0.1) is 0 Å². The van der Waals surface area contributed by atoms with Crippen LogP contribution in [0.5, 0.6) is 0 Å². The number of piperazine rings is 1. The first-order chi connectivity index (χ1) is 18.9. The number of hydrazine groups is 1. The van der Waals surface area contributed by atoms with Crippen molar-refractivity contribution >= 4 is 23.2 Å². The number of aromatic amines is 1. The molecule has 10 nitrogen and oxygen atoms in total. The molecular weight excluding hydrogens is 492 g/mol. The van der Waals surface area contributed by atoms with E-state index in [2.05, 4.69) is 74.0 Å². The Morgan fingerprint density at radius 1 is 1.10 bits per heavy atom. The Labute approximate surface area is 228 Å². The largest absolute Gasteiger partial charge is 0.383 e. The Morgan fingerprint density at radius 2 is 1.87 bits per heavy atom. The summed E-state index contributed by atoms with van der Waals surface area (Å²) in [5.41, 5.74) is 9.19. The molecule has 0 bridgehead atoms. The average molecular weight is 527 g/mol. The number of hydrogen-bond acceptors (Lipinski definition) is 7. The second-order valence-electron chi connectivity index (χ2n) is 10.5. The molecule has 202 valence electrons. The van der Waals surface area contributed by atoms with Crippen LogP contribution in [0.3, 0.4) is 0 Å². The van der Waals surface area contributed by atoms with Crippen LogP contribution in [-0.2, 0) is 0 Å². The highest BCUT2D eigenvalue weighted by atomic mass is 16.3. The van der Waals surface area contributed by atoms with E-state index < -0.39 is 12.1 Å². The minimum absolute atomic E-state index is 0.203. The van der Waals surface area contributed by atoms with Crippen LogP contribution in [0.2, 0.25) is 0 Å². The smallest absolute Gasteiger partial charge is 0.338 e. The van der Waals surface area contributed by atoms with Gasteiger partial charge in [-0.25, -0.2) is 15.2 Å². The van der Waals surface area contributed by atoms with Gasteiger partial charge in [0.1, 0.15) is 11.9 Å². The van der Waals surface area contributed by atoms with Crippen LogP contribution in [0.15, 0.2) is 59.7 Å². The Morgan fingerprint density at radius 3 is 2.62 bits per heavy atom. The first kappa shape index (κ1) is 25.1. The highest BCUT2D eigenvalue weighted by Crippen LogP contribution is 2.49. The summed E-state index contributed by atoms with van der Waals surface area (Å²) in [6, 6.07) is 13.6. The van der Waals surface area contributed by atoms with Crippen molar-refractivity contribution in [3.8, 4) is 22.5 Å². The number of aromatic nitrogens is 2. The first-order valence-corrected chi connectivity index (χ1v) is 13.4. The van der Waals surface area contributed by atoms with Crippen LogP contribution in [0.4, 0.5) is 16.2 Å². The quantitative estimate of drug-likeness (QED) is 0.386. The van der Waals surface area contributed by atoms with Crippen LogP contribution < -0.4 is 15.6 Å². The summed E-state index contributed by atoms with van der Waals surface area (Å²) in [6.07, 6.45) is 3.71. The monoisotopic (exact) mass is 526 g/mol. The normalized spacial score (nSPS) is 20.3. The number of allylic oxidation sites excluding steroid dienone is 1. The molecule has 39 heavy (non-hydrogen) atoms. The Balaban J connectivity index is 1.21. The van der Waals surface area contributed by atoms with Gasteiger partial charge in [0.2, 0.25) is 0 Å². The number of aliphatic hydroxyl groups is 1. The zero-order valence-corrected chi connectivity index (χ0v) is 22.5. The van der Waals surface area contributed by atoms with Crippen molar-refractivity contribution in [3.05, 3.63) is 65.9 Å². The number of rotatable bonds is 3. The molecule has 0 radical (unpaired) electrons. The van der Waals surface area contributed by atoms with Crippen molar-refractivity contribution in [1.82, 2.24) is 25.5 Å². The van der Waals surface area contributed by atoms with Crippen LogP contribution >= 0.6 is 0 Å². The standard InChI is InChI=1S/C29H34N8O2/c1-18-6-5-13-30-28(18)36(3)34-29(39)31-22-8-4-7-21-23(22)27(38)24-25(32-33-26(21)24)19-9-11-20(12-10-19)37-16-14-35(2)15-17-37/h4-5,7-13,18,27,38H,6,14-17H2,1-3H3,(H,32,33)(H2,31,34,39). The van der Waals surface area contributed by atoms with Crippen LogP contribution in [0.1, 0.15) is 30.6 Å². The molecule has 1 fully saturated rings. The number of anilines is 2. The Hall–Kier alpha value is -4.15. The molecule has 6 rings (SSSR count). The van der Waals surface area contributed by atoms with E-state index >= 15 is 0 Å². The summed E-state index contributed by atoms with van der Waals surface area (Å²) in [7, 11) is 3.93. The molecule has 3 aromatic rings. The van der Waals surface area contributed by atoms with Crippen molar-refractivity contribution in [1.29, 1.82) is 0 Å². The number of aliphatic hydroxyl groups excluding tert-OH is 1. The highest BCUT2D eigenvalue weighted by Gasteiger charge is 2.35. The van der Waals surface area contributed by atoms with E-state index in [1.54, 1.807) is 24.3 Å². The maximum atomic E-state index is 12.9. The third-order valence-corrected chi connectivity index (χ3v) is 7.84. The number of carbonyl (C=O) groups excluding carboxylic acids is 1. The minimum atomic E-state index is -0.928. The van der Waals surface area contributed by atoms with Crippen LogP contribution in [-0.4, -0.2) is 77.4 Å². The number of fused-ring (bicyclic) bond motifs is 3. The molecule has 1 aromatic heterocycles. The SMILES string of the molecule is CC1CC=CN=C1N(C)NC(=O)Nc1cccc2c1C(O)c1c(-c3ccc(N4CCN(C)CC4)cc3)n[nH]c1-2. The van der Waals surface area contributed by atoms with Gasteiger partial charge in [0.15, 0.2) is 0 Å². The van der Waals surface area contributed by atoms with Gasteiger partial charge in [0.25, 0.3) is 0 Å². The molecule has 2 atom stereocenters. The fourth-order valence-electron chi connectivity index (χ4n) is 5.67. The highest BCUT2D eigenvalue weighted by molar-refractivity contribution is 5.96. The maximum absolute atomic E-state index is 12.9. The van der Waals surface area contributed by atoms with Gasteiger partial charge in [-0.1, -0.05) is 37.3 Å². The molecule has 1 aliphatic carbocycles. The second-order valence-corrected chi connectivity index (χ2v) is 10.5. The number of likely N-dealkylation sites (N-methyl/N-ethyl adjacent to an activating group) is 1. The summed E-state index contributed by atoms with van der Waals surface area (Å²) in [4.78, 5) is 22.0. The van der Waals surface area contributed by atoms with E-state index in [-0.39, 0.29) is 5.92 Å². The number of aliphatic imine (C=N–C) groups is 1. The third-order valence-electron chi connectivity index (χ3n) is 7.84. The molecule has 2 unspecified atom stereocenters. The fraction of sp³-hybridized carbons (Fsp3) is 0.345. The number of nitrogens with zero attached hydrogens (tertiary/aromatic N) is 5. The predicted octanol–water partition coefficient (Wildman–Crippen LogP) is 3.81. The number of nitrogens with one attached hydrogen (secondary N) is 3. The zero-order chi connectivity index (χ0) is 27.1. The second kappa shape index (κ2) is 10.2. The maximum Gasteiger partial charge on any atom is 0.338 e. The lowest BCUT2D eigenvalue weighted by molar-refractivity contribution is 0.225. The van der Waals surface area contributed by atoms with Crippen LogP contribution in [0, 0.1) is 5.92 Å². The number of amides is 2. The topological polar surface area (TPSA) is 112 Å². The lowest BCUT2D eigenvalue weighted by Crippen LogP contribution is -2.47. The minimum Gasteiger partial charge on any atom is -0.383 e. The van der Waals surface area contributed by atoms with E-state index in [1.165, 1.54) is 5.69 Å². The van der Waals surface area contributed by atoms with Crippen molar-refractivity contribution < 1.29 is 9.90 Å². The molecule has 4 N–H and O–H groups in total.